The minimum Gasteiger partial charge on any atom is -0.493 e. The maximum absolute atomic E-state index is 13.1. The van der Waals surface area contributed by atoms with E-state index in [1.165, 1.54) is 4.68 Å². The van der Waals surface area contributed by atoms with Gasteiger partial charge in [-0.25, -0.2) is 4.98 Å². The molecule has 0 aliphatic carbocycles. The molecule has 1 aromatic heterocycles. The summed E-state index contributed by atoms with van der Waals surface area (Å²) in [5, 5.41) is 5.01. The largest absolute Gasteiger partial charge is 0.493 e. The zero-order chi connectivity index (χ0) is 24.2. The fourth-order valence-corrected chi connectivity index (χ4v) is 3.70. The molecule has 0 atom stereocenters. The van der Waals surface area contributed by atoms with E-state index < -0.39 is 0 Å². The highest BCUT2D eigenvalue weighted by Gasteiger charge is 2.17. The van der Waals surface area contributed by atoms with Gasteiger partial charge in [-0.15, -0.1) is 6.58 Å². The highest BCUT2D eigenvalue weighted by atomic mass is 79.9. The summed E-state index contributed by atoms with van der Waals surface area (Å²) < 4.78 is 13.9. The first-order valence-electron chi connectivity index (χ1n) is 10.9. The second-order valence-electron chi connectivity index (χ2n) is 8.96. The van der Waals surface area contributed by atoms with Crippen molar-refractivity contribution in [1.29, 1.82) is 0 Å². The van der Waals surface area contributed by atoms with E-state index in [0.29, 0.717) is 47.7 Å². The monoisotopic (exact) mass is 511 g/mol. The van der Waals surface area contributed by atoms with Crippen LogP contribution in [0.4, 0.5) is 0 Å². The zero-order valence-corrected chi connectivity index (χ0v) is 21.4. The lowest BCUT2D eigenvalue weighted by molar-refractivity contribution is 0.190. The van der Waals surface area contributed by atoms with E-state index in [1.54, 1.807) is 19.4 Å². The van der Waals surface area contributed by atoms with Gasteiger partial charge in [0, 0.05) is 16.5 Å². The maximum Gasteiger partial charge on any atom is 0.282 e. The number of methoxy groups -OCH3 is 1. The van der Waals surface area contributed by atoms with Crippen molar-refractivity contribution in [3.8, 4) is 11.5 Å². The molecule has 0 fully saturated rings. The van der Waals surface area contributed by atoms with E-state index in [1.807, 2.05) is 37.3 Å². The number of rotatable bonds is 8. The molecule has 0 amide bonds. The summed E-state index contributed by atoms with van der Waals surface area (Å²) in [6.07, 6.45) is 4.66. The Morgan fingerprint density at radius 3 is 2.64 bits per heavy atom. The van der Waals surface area contributed by atoms with Crippen molar-refractivity contribution >= 4 is 33.0 Å². The first-order chi connectivity index (χ1) is 15.7. The first kappa shape index (κ1) is 24.7. The molecule has 0 spiro atoms. The molecular formula is C26H30BrN3O3. The normalized spacial score (nSPS) is 11.8. The van der Waals surface area contributed by atoms with Gasteiger partial charge in [-0.2, -0.15) is 9.78 Å². The summed E-state index contributed by atoms with van der Waals surface area (Å²) in [6.45, 7) is 12.7. The smallest absolute Gasteiger partial charge is 0.282 e. The molecule has 7 heteroatoms. The van der Waals surface area contributed by atoms with Crippen LogP contribution in [0.25, 0.3) is 10.9 Å². The lowest BCUT2D eigenvalue weighted by Gasteiger charge is -2.22. The molecule has 0 N–H and O–H groups in total. The lowest BCUT2D eigenvalue weighted by atomic mass is 9.98. The Morgan fingerprint density at radius 1 is 1.24 bits per heavy atom. The molecule has 33 heavy (non-hydrogen) atoms. The van der Waals surface area contributed by atoms with E-state index in [2.05, 4.69) is 53.4 Å². The number of benzene rings is 2. The highest BCUT2D eigenvalue weighted by molar-refractivity contribution is 9.10. The van der Waals surface area contributed by atoms with Crippen LogP contribution in [0.2, 0.25) is 0 Å². The summed E-state index contributed by atoms with van der Waals surface area (Å²) >= 11 is 3.42. The molecule has 3 aromatic rings. The number of hydrogen-bond acceptors (Lipinski definition) is 5. The number of aryl methyl sites for hydroxylation is 1. The number of ether oxygens (including phenoxy) is 2. The summed E-state index contributed by atoms with van der Waals surface area (Å²) in [5.74, 6) is 1.91. The van der Waals surface area contributed by atoms with Crippen LogP contribution < -0.4 is 15.0 Å². The maximum atomic E-state index is 13.1. The molecule has 6 nitrogen and oxygen atoms in total. The van der Waals surface area contributed by atoms with Crippen LogP contribution in [-0.4, -0.2) is 29.6 Å². The van der Waals surface area contributed by atoms with Crippen LogP contribution in [0.1, 0.15) is 44.6 Å². The molecule has 0 saturated carbocycles. The molecule has 0 saturated heterocycles. The van der Waals surface area contributed by atoms with E-state index >= 15 is 0 Å². The fourth-order valence-electron chi connectivity index (χ4n) is 3.34. The van der Waals surface area contributed by atoms with Crippen LogP contribution in [0.5, 0.6) is 11.5 Å². The Morgan fingerprint density at radius 2 is 2.00 bits per heavy atom. The van der Waals surface area contributed by atoms with Gasteiger partial charge in [-0.3, -0.25) is 4.79 Å². The van der Waals surface area contributed by atoms with Crippen molar-refractivity contribution < 1.29 is 9.47 Å². The Bertz CT molecular complexity index is 1260. The van der Waals surface area contributed by atoms with Gasteiger partial charge < -0.3 is 9.47 Å². The van der Waals surface area contributed by atoms with Crippen LogP contribution in [0, 0.1) is 5.41 Å². The Labute approximate surface area is 203 Å². The van der Waals surface area contributed by atoms with Gasteiger partial charge in [-0.1, -0.05) is 49.7 Å². The number of aromatic nitrogens is 2. The molecule has 2 aromatic carbocycles. The van der Waals surface area contributed by atoms with E-state index in [4.69, 9.17) is 9.47 Å². The molecule has 0 radical (unpaired) electrons. The predicted octanol–water partition coefficient (Wildman–Crippen LogP) is 5.77. The predicted molar refractivity (Wildman–Crippen MR) is 138 cm³/mol. The van der Waals surface area contributed by atoms with Gasteiger partial charge in [0.15, 0.2) is 11.5 Å². The van der Waals surface area contributed by atoms with Gasteiger partial charge in [0.1, 0.15) is 5.82 Å². The summed E-state index contributed by atoms with van der Waals surface area (Å²) in [7, 11) is 1.61. The Hall–Kier alpha value is -2.93. The standard InChI is InChI=1S/C26H30BrN3O3/c1-7-9-18-12-17(13-22(32-6)24(18)33-16-26(3,4)5)15-28-30-23(8-2)29-21-11-10-19(27)14-20(21)25(30)31/h7,10-15H,1,8-9,16H2,2-6H3. The second-order valence-corrected chi connectivity index (χ2v) is 9.87. The van der Waals surface area contributed by atoms with Gasteiger partial charge in [-0.05, 0) is 47.7 Å². The minimum absolute atomic E-state index is 0.00634. The zero-order valence-electron chi connectivity index (χ0n) is 19.8. The molecular weight excluding hydrogens is 482 g/mol. The average Bonchev–Trinajstić information content (AvgIpc) is 2.77. The van der Waals surface area contributed by atoms with Crippen molar-refractivity contribution in [2.45, 2.75) is 40.5 Å². The van der Waals surface area contributed by atoms with E-state index in [9.17, 15) is 4.79 Å². The number of halogens is 1. The third-order valence-electron chi connectivity index (χ3n) is 4.90. The number of hydrogen-bond donors (Lipinski definition) is 0. The minimum atomic E-state index is -0.210. The van der Waals surface area contributed by atoms with Crippen molar-refractivity contribution in [3.05, 3.63) is 74.8 Å². The van der Waals surface area contributed by atoms with Gasteiger partial charge in [0.25, 0.3) is 5.56 Å². The van der Waals surface area contributed by atoms with Crippen LogP contribution >= 0.6 is 15.9 Å². The third kappa shape index (κ3) is 5.90. The van der Waals surface area contributed by atoms with Crippen molar-refractivity contribution in [3.63, 3.8) is 0 Å². The first-order valence-corrected chi connectivity index (χ1v) is 11.7. The Kier molecular flexibility index (Phi) is 7.74. The Balaban J connectivity index is 2.07. The van der Waals surface area contributed by atoms with Crippen LogP contribution in [-0.2, 0) is 12.8 Å². The van der Waals surface area contributed by atoms with E-state index in [0.717, 1.165) is 15.6 Å². The third-order valence-corrected chi connectivity index (χ3v) is 5.39. The molecule has 1 heterocycles. The number of fused-ring (bicyclic) bond motifs is 1. The van der Waals surface area contributed by atoms with Crippen LogP contribution in [0.15, 0.2) is 57.4 Å². The summed E-state index contributed by atoms with van der Waals surface area (Å²) in [5.41, 5.74) is 2.18. The average molecular weight is 512 g/mol. The summed E-state index contributed by atoms with van der Waals surface area (Å²) in [4.78, 5) is 17.8. The molecule has 0 aliphatic heterocycles. The molecule has 0 unspecified atom stereocenters. The van der Waals surface area contributed by atoms with Crippen LogP contribution in [0.3, 0.4) is 0 Å². The SMILES string of the molecule is C=CCc1cc(C=Nn2c(CC)nc3ccc(Br)cc3c2=O)cc(OC)c1OCC(C)(C)C. The molecule has 174 valence electrons. The quantitative estimate of drug-likeness (QED) is 0.284. The van der Waals surface area contributed by atoms with Crippen molar-refractivity contribution in [1.82, 2.24) is 9.66 Å². The second kappa shape index (κ2) is 10.3. The molecule has 3 rings (SSSR count). The van der Waals surface area contributed by atoms with Gasteiger partial charge >= 0.3 is 0 Å². The topological polar surface area (TPSA) is 65.7 Å². The fraction of sp³-hybridized carbons (Fsp3) is 0.346. The number of allylic oxidation sites excluding steroid dienone is 1. The highest BCUT2D eigenvalue weighted by Crippen LogP contribution is 2.34. The summed E-state index contributed by atoms with van der Waals surface area (Å²) in [6, 6.07) is 9.31. The number of nitrogens with zero attached hydrogens (tertiary/aromatic N) is 3. The lowest BCUT2D eigenvalue weighted by Crippen LogP contribution is -2.22. The van der Waals surface area contributed by atoms with E-state index in [-0.39, 0.29) is 11.0 Å². The van der Waals surface area contributed by atoms with Crippen molar-refractivity contribution in [2.75, 3.05) is 13.7 Å². The van der Waals surface area contributed by atoms with Gasteiger partial charge in [0.05, 0.1) is 30.8 Å². The van der Waals surface area contributed by atoms with Crippen molar-refractivity contribution in [2.24, 2.45) is 10.5 Å². The molecule has 0 aliphatic rings. The molecule has 0 bridgehead atoms. The van der Waals surface area contributed by atoms with Gasteiger partial charge in [0.2, 0.25) is 0 Å².